The lowest BCUT2D eigenvalue weighted by atomic mass is 9.97. The molecule has 56 heavy (non-hydrogen) atoms. The molecule has 9 aromatic carbocycles. The number of benzene rings is 9. The summed E-state index contributed by atoms with van der Waals surface area (Å²) < 4.78 is 4.98. The Morgan fingerprint density at radius 2 is 0.875 bits per heavy atom. The fourth-order valence-corrected chi connectivity index (χ4v) is 9.51. The Morgan fingerprint density at radius 1 is 0.321 bits per heavy atom. The Bertz CT molecular complexity index is 3630. The van der Waals surface area contributed by atoms with Gasteiger partial charge in [-0.15, -0.1) is 0 Å². The van der Waals surface area contributed by atoms with Crippen LogP contribution >= 0.6 is 0 Å². The average Bonchev–Trinajstić information content (AvgIpc) is 3.75. The lowest BCUT2D eigenvalue weighted by Crippen LogP contribution is -2.03. The molecule has 0 aliphatic carbocycles. The van der Waals surface area contributed by atoms with Crippen molar-refractivity contribution in [1.29, 1.82) is 0 Å². The molecule has 0 fully saturated rings. The molecule has 4 aromatic heterocycles. The minimum absolute atomic E-state index is 0.632. The molecule has 4 heterocycles. The van der Waals surface area contributed by atoms with Gasteiger partial charge in [-0.3, -0.25) is 0 Å². The highest BCUT2D eigenvalue weighted by molar-refractivity contribution is 6.39. The zero-order chi connectivity index (χ0) is 36.5. The molecule has 258 valence electrons. The quantitative estimate of drug-likeness (QED) is 0.183. The van der Waals surface area contributed by atoms with Gasteiger partial charge in [-0.05, 0) is 57.9 Å². The summed E-state index contributed by atoms with van der Waals surface area (Å²) in [6.07, 6.45) is 0. The van der Waals surface area contributed by atoms with Gasteiger partial charge in [0.2, 0.25) is 0 Å². The van der Waals surface area contributed by atoms with E-state index in [1.165, 1.54) is 70.4 Å². The first-order valence-electron chi connectivity index (χ1n) is 19.0. The van der Waals surface area contributed by atoms with Gasteiger partial charge in [-0.2, -0.15) is 0 Å². The van der Waals surface area contributed by atoms with Crippen molar-refractivity contribution in [3.8, 4) is 39.9 Å². The van der Waals surface area contributed by atoms with E-state index in [2.05, 4.69) is 148 Å². The van der Waals surface area contributed by atoms with Gasteiger partial charge in [-0.1, -0.05) is 140 Å². The predicted molar refractivity (Wildman–Crippen MR) is 231 cm³/mol. The van der Waals surface area contributed by atoms with E-state index in [-0.39, 0.29) is 0 Å². The Balaban J connectivity index is 1.19. The van der Waals surface area contributed by atoms with Crippen molar-refractivity contribution in [3.63, 3.8) is 0 Å². The van der Waals surface area contributed by atoms with Crippen LogP contribution in [0.3, 0.4) is 0 Å². The Hall–Kier alpha value is -7.63. The van der Waals surface area contributed by atoms with Gasteiger partial charge in [0, 0.05) is 49.0 Å². The van der Waals surface area contributed by atoms with E-state index in [9.17, 15) is 0 Å². The van der Waals surface area contributed by atoms with Crippen LogP contribution in [0.2, 0.25) is 0 Å². The van der Waals surface area contributed by atoms with Gasteiger partial charge in [-0.25, -0.2) is 15.0 Å². The van der Waals surface area contributed by atoms with Crippen LogP contribution in [0.15, 0.2) is 176 Å². The van der Waals surface area contributed by atoms with E-state index in [1.807, 2.05) is 36.4 Å². The maximum absolute atomic E-state index is 5.19. The maximum atomic E-state index is 5.19. The van der Waals surface area contributed by atoms with Crippen LogP contribution in [0.5, 0.6) is 0 Å². The highest BCUT2D eigenvalue weighted by Gasteiger charge is 2.26. The summed E-state index contributed by atoms with van der Waals surface area (Å²) in [5, 5.41) is 12.6. The monoisotopic (exact) mass is 711 g/mol. The molecule has 0 saturated heterocycles. The lowest BCUT2D eigenvalue weighted by molar-refractivity contribution is 1.06. The SMILES string of the molecule is c1ccc(-c2nc(-c3ccccc3)nc(-c3ccccc3-n3c4ccc5cccc6c5c4c4c5c(ccc7c8c9ccccc9ccc8n6c75)ccc43)n2)cc1. The van der Waals surface area contributed by atoms with E-state index in [0.29, 0.717) is 17.5 Å². The highest BCUT2D eigenvalue weighted by Crippen LogP contribution is 2.49. The molecule has 0 aliphatic heterocycles. The topological polar surface area (TPSA) is 48.0 Å². The summed E-state index contributed by atoms with van der Waals surface area (Å²) in [5.74, 6) is 1.92. The van der Waals surface area contributed by atoms with Gasteiger partial charge in [0.15, 0.2) is 17.5 Å². The molecule has 0 spiro atoms. The fraction of sp³-hybridized carbons (Fsp3) is 0. The van der Waals surface area contributed by atoms with Crippen LogP contribution in [0.4, 0.5) is 0 Å². The smallest absolute Gasteiger partial charge is 0.166 e. The summed E-state index contributed by atoms with van der Waals surface area (Å²) in [6, 6.07) is 62.9. The van der Waals surface area contributed by atoms with Crippen molar-refractivity contribution in [2.45, 2.75) is 0 Å². The maximum Gasteiger partial charge on any atom is 0.166 e. The molecule has 5 heteroatoms. The minimum atomic E-state index is 0.632. The van der Waals surface area contributed by atoms with Gasteiger partial charge in [0.1, 0.15) is 0 Å². The number of hydrogen-bond donors (Lipinski definition) is 0. The van der Waals surface area contributed by atoms with Gasteiger partial charge >= 0.3 is 0 Å². The Morgan fingerprint density at radius 3 is 1.64 bits per heavy atom. The summed E-state index contributed by atoms with van der Waals surface area (Å²) in [7, 11) is 0. The summed E-state index contributed by atoms with van der Waals surface area (Å²) in [5.41, 5.74) is 9.85. The largest absolute Gasteiger partial charge is 0.308 e. The third-order valence-electron chi connectivity index (χ3n) is 11.8. The molecular formula is C51H29N5. The van der Waals surface area contributed by atoms with E-state index in [1.54, 1.807) is 0 Å². The molecule has 5 nitrogen and oxygen atoms in total. The molecular weight excluding hydrogens is 683 g/mol. The third-order valence-corrected chi connectivity index (χ3v) is 11.8. The number of rotatable bonds is 4. The normalized spacial score (nSPS) is 12.3. The van der Waals surface area contributed by atoms with E-state index in [4.69, 9.17) is 15.0 Å². The second-order valence-corrected chi connectivity index (χ2v) is 14.8. The molecule has 0 saturated carbocycles. The summed E-state index contributed by atoms with van der Waals surface area (Å²) in [4.78, 5) is 15.4. The summed E-state index contributed by atoms with van der Waals surface area (Å²) >= 11 is 0. The first kappa shape index (κ1) is 29.8. The van der Waals surface area contributed by atoms with Crippen molar-refractivity contribution < 1.29 is 0 Å². The molecule has 13 rings (SSSR count). The molecule has 0 amide bonds. The summed E-state index contributed by atoms with van der Waals surface area (Å²) in [6.45, 7) is 0. The highest BCUT2D eigenvalue weighted by atomic mass is 15.1. The number of aromatic nitrogens is 5. The van der Waals surface area contributed by atoms with Gasteiger partial charge in [0.25, 0.3) is 0 Å². The molecule has 0 unspecified atom stereocenters. The molecule has 0 bridgehead atoms. The Labute approximate surface area is 320 Å². The molecule has 0 aliphatic rings. The number of hydrogen-bond acceptors (Lipinski definition) is 3. The third kappa shape index (κ3) is 3.90. The first-order chi connectivity index (χ1) is 27.8. The second-order valence-electron chi connectivity index (χ2n) is 14.8. The van der Waals surface area contributed by atoms with Crippen molar-refractivity contribution in [1.82, 2.24) is 23.9 Å². The van der Waals surface area contributed by atoms with Gasteiger partial charge in [0.05, 0.1) is 33.3 Å². The van der Waals surface area contributed by atoms with Crippen LogP contribution in [0, 0.1) is 0 Å². The molecule has 0 radical (unpaired) electrons. The van der Waals surface area contributed by atoms with Crippen molar-refractivity contribution in [2.75, 3.05) is 0 Å². The van der Waals surface area contributed by atoms with E-state index < -0.39 is 0 Å². The van der Waals surface area contributed by atoms with Crippen LogP contribution in [-0.2, 0) is 0 Å². The van der Waals surface area contributed by atoms with Crippen molar-refractivity contribution in [3.05, 3.63) is 176 Å². The number of para-hydroxylation sites is 1. The van der Waals surface area contributed by atoms with Gasteiger partial charge < -0.3 is 8.97 Å². The fourth-order valence-electron chi connectivity index (χ4n) is 9.51. The van der Waals surface area contributed by atoms with Crippen molar-refractivity contribution in [2.24, 2.45) is 0 Å². The predicted octanol–water partition coefficient (Wildman–Crippen LogP) is 12.9. The van der Waals surface area contributed by atoms with Crippen molar-refractivity contribution >= 4 is 81.4 Å². The van der Waals surface area contributed by atoms with Crippen LogP contribution < -0.4 is 0 Å². The molecule has 0 atom stereocenters. The lowest BCUT2D eigenvalue weighted by Gasteiger charge is -2.15. The van der Waals surface area contributed by atoms with E-state index in [0.717, 1.165) is 33.4 Å². The van der Waals surface area contributed by atoms with Crippen LogP contribution in [0.1, 0.15) is 0 Å². The number of nitrogens with zero attached hydrogens (tertiary/aromatic N) is 5. The molecule has 13 aromatic rings. The molecule has 0 N–H and O–H groups in total. The second kappa shape index (κ2) is 11.0. The zero-order valence-electron chi connectivity index (χ0n) is 30.0. The number of fused-ring (bicyclic) bond motifs is 6. The standard InChI is InChI=1S/C51H29N5/c1-3-13-33(14-4-1)49-52-50(34-15-5-2-6-16-34)54-51(53-49)36-19-9-10-20-38(36)55-41-28-24-31-17-11-21-39-43(31)46(41)47-42(55)29-25-32-22-26-37-45-35-18-8-7-12-30(35)23-27-40(45)56(39)48(37)44(32)47/h1-29H. The Kier molecular flexibility index (Phi) is 5.83. The van der Waals surface area contributed by atoms with Crippen LogP contribution in [-0.4, -0.2) is 23.9 Å². The average molecular weight is 712 g/mol. The minimum Gasteiger partial charge on any atom is -0.308 e. The zero-order valence-corrected chi connectivity index (χ0v) is 30.0. The first-order valence-corrected chi connectivity index (χ1v) is 19.0. The van der Waals surface area contributed by atoms with E-state index >= 15 is 0 Å². The van der Waals surface area contributed by atoms with Crippen LogP contribution in [0.25, 0.3) is 121 Å².